The van der Waals surface area contributed by atoms with Gasteiger partial charge in [-0.3, -0.25) is 4.98 Å². The molecule has 0 saturated heterocycles. The molecule has 0 fully saturated rings. The van der Waals surface area contributed by atoms with Crippen LogP contribution in [0.2, 0.25) is 10.0 Å². The van der Waals surface area contributed by atoms with Gasteiger partial charge < -0.3 is 5.73 Å². The summed E-state index contributed by atoms with van der Waals surface area (Å²) in [6.07, 6.45) is 1.53. The van der Waals surface area contributed by atoms with Gasteiger partial charge in [0.2, 0.25) is 0 Å². The molecule has 0 bridgehead atoms. The zero-order chi connectivity index (χ0) is 10.1. The molecule has 0 aliphatic rings. The van der Waals surface area contributed by atoms with Gasteiger partial charge in [0.1, 0.15) is 16.5 Å². The van der Waals surface area contributed by atoms with Crippen molar-refractivity contribution in [3.05, 3.63) is 27.7 Å². The zero-order valence-electron chi connectivity index (χ0n) is 6.87. The number of nitrogens with two attached hydrogens (primary N) is 1. The highest BCUT2D eigenvalue weighted by atomic mass is 35.5. The van der Waals surface area contributed by atoms with Crippen LogP contribution in [0.3, 0.4) is 0 Å². The first-order valence-electron chi connectivity index (χ1n) is 3.69. The molecule has 2 rings (SSSR count). The number of hydrogen-bond acceptors (Lipinski definition) is 4. The maximum absolute atomic E-state index is 5.95. The van der Waals surface area contributed by atoms with Gasteiger partial charge in [0.15, 0.2) is 0 Å². The minimum absolute atomic E-state index is 0.470. The third-order valence-electron chi connectivity index (χ3n) is 1.53. The fourth-order valence-electron chi connectivity index (χ4n) is 0.967. The van der Waals surface area contributed by atoms with E-state index in [1.54, 1.807) is 11.4 Å². The van der Waals surface area contributed by atoms with Crippen LogP contribution in [0.25, 0.3) is 10.7 Å². The van der Waals surface area contributed by atoms with E-state index >= 15 is 0 Å². The van der Waals surface area contributed by atoms with Crippen LogP contribution in [0.5, 0.6) is 0 Å². The van der Waals surface area contributed by atoms with Gasteiger partial charge in [-0.2, -0.15) is 0 Å². The summed E-state index contributed by atoms with van der Waals surface area (Å²) >= 11 is 13.1. The average molecular weight is 246 g/mol. The molecule has 0 atom stereocenters. The van der Waals surface area contributed by atoms with Gasteiger partial charge in [-0.25, -0.2) is 4.98 Å². The van der Waals surface area contributed by atoms with E-state index in [0.717, 1.165) is 0 Å². The number of nitrogens with zero attached hydrogens (tertiary/aromatic N) is 2. The zero-order valence-corrected chi connectivity index (χ0v) is 9.20. The highest BCUT2D eigenvalue weighted by Crippen LogP contribution is 2.30. The molecule has 2 aromatic heterocycles. The van der Waals surface area contributed by atoms with E-state index < -0.39 is 0 Å². The van der Waals surface area contributed by atoms with Crippen LogP contribution < -0.4 is 5.73 Å². The summed E-state index contributed by atoms with van der Waals surface area (Å²) < 4.78 is 0. The van der Waals surface area contributed by atoms with Crippen molar-refractivity contribution in [2.45, 2.75) is 0 Å². The van der Waals surface area contributed by atoms with Crippen molar-refractivity contribution in [3.63, 3.8) is 0 Å². The minimum Gasteiger partial charge on any atom is -0.383 e. The van der Waals surface area contributed by atoms with Crippen molar-refractivity contribution < 1.29 is 0 Å². The topological polar surface area (TPSA) is 51.8 Å². The Morgan fingerprint density at radius 1 is 1.36 bits per heavy atom. The summed E-state index contributed by atoms with van der Waals surface area (Å²) in [7, 11) is 0. The third-order valence-corrected chi connectivity index (χ3v) is 2.89. The molecule has 0 spiro atoms. The minimum atomic E-state index is 0.470. The Bertz CT molecular complexity index is 469. The van der Waals surface area contributed by atoms with Gasteiger partial charge in [-0.15, -0.1) is 11.3 Å². The fraction of sp³-hybridized carbons (Fsp3) is 0. The Balaban J connectivity index is 2.52. The maximum atomic E-state index is 5.95. The first kappa shape index (κ1) is 9.71. The second kappa shape index (κ2) is 3.73. The van der Waals surface area contributed by atoms with E-state index in [4.69, 9.17) is 28.9 Å². The molecular weight excluding hydrogens is 241 g/mol. The number of pyridine rings is 1. The predicted molar refractivity (Wildman–Crippen MR) is 59.8 cm³/mol. The lowest BCUT2D eigenvalue weighted by Gasteiger charge is -1.98. The molecule has 3 nitrogen and oxygen atoms in total. The Morgan fingerprint density at radius 2 is 2.14 bits per heavy atom. The summed E-state index contributed by atoms with van der Waals surface area (Å²) in [5.41, 5.74) is 6.11. The van der Waals surface area contributed by atoms with Crippen LogP contribution in [0.4, 0.5) is 5.82 Å². The molecule has 0 amide bonds. The van der Waals surface area contributed by atoms with Crippen LogP contribution in [0.1, 0.15) is 0 Å². The van der Waals surface area contributed by atoms with Crippen molar-refractivity contribution >= 4 is 40.4 Å². The molecular formula is C8H5Cl2N3S. The standard InChI is InChI=1S/C8H5Cl2N3S/c9-4-1-5(10)7(12-2-4)8-13-6(11)3-14-8/h1-3H,11H2. The van der Waals surface area contributed by atoms with Gasteiger partial charge >= 0.3 is 0 Å². The monoisotopic (exact) mass is 245 g/mol. The summed E-state index contributed by atoms with van der Waals surface area (Å²) in [5, 5.41) is 3.42. The molecule has 72 valence electrons. The smallest absolute Gasteiger partial charge is 0.145 e. The van der Waals surface area contributed by atoms with Crippen molar-refractivity contribution in [1.82, 2.24) is 9.97 Å². The van der Waals surface area contributed by atoms with Crippen LogP contribution in [-0.4, -0.2) is 9.97 Å². The molecule has 0 aliphatic heterocycles. The number of halogens is 2. The summed E-state index contributed by atoms with van der Waals surface area (Å²) in [6.45, 7) is 0. The van der Waals surface area contributed by atoms with E-state index in [-0.39, 0.29) is 0 Å². The van der Waals surface area contributed by atoms with Crippen LogP contribution in [0, 0.1) is 0 Å². The maximum Gasteiger partial charge on any atom is 0.145 e. The average Bonchev–Trinajstić information content (AvgIpc) is 2.51. The first-order valence-corrected chi connectivity index (χ1v) is 5.33. The lowest BCUT2D eigenvalue weighted by molar-refractivity contribution is 1.29. The molecule has 0 saturated carbocycles. The van der Waals surface area contributed by atoms with Crippen molar-refractivity contribution in [1.29, 1.82) is 0 Å². The van der Waals surface area contributed by atoms with Gasteiger partial charge in [0.05, 0.1) is 10.0 Å². The molecule has 0 unspecified atom stereocenters. The number of anilines is 1. The van der Waals surface area contributed by atoms with E-state index in [9.17, 15) is 0 Å². The summed E-state index contributed by atoms with van der Waals surface area (Å²) in [5.74, 6) is 0.470. The second-order valence-corrected chi connectivity index (χ2v) is 4.26. The predicted octanol–water partition coefficient (Wildman–Crippen LogP) is 3.09. The van der Waals surface area contributed by atoms with Crippen molar-refractivity contribution in [3.8, 4) is 10.7 Å². The van der Waals surface area contributed by atoms with Crippen LogP contribution >= 0.6 is 34.5 Å². The van der Waals surface area contributed by atoms with E-state index in [2.05, 4.69) is 9.97 Å². The highest BCUT2D eigenvalue weighted by molar-refractivity contribution is 7.13. The van der Waals surface area contributed by atoms with E-state index in [0.29, 0.717) is 26.6 Å². The fourth-order valence-corrected chi connectivity index (χ4v) is 2.21. The SMILES string of the molecule is Nc1csc(-c2ncc(Cl)cc2Cl)n1. The lowest BCUT2D eigenvalue weighted by atomic mass is 10.3. The molecule has 0 aliphatic carbocycles. The second-order valence-electron chi connectivity index (χ2n) is 2.56. The number of aromatic nitrogens is 2. The van der Waals surface area contributed by atoms with E-state index in [1.807, 2.05) is 0 Å². The summed E-state index contributed by atoms with van der Waals surface area (Å²) in [6, 6.07) is 1.63. The lowest BCUT2D eigenvalue weighted by Crippen LogP contribution is -1.86. The molecule has 2 heterocycles. The highest BCUT2D eigenvalue weighted by Gasteiger charge is 2.09. The Hall–Kier alpha value is -0.840. The Kier molecular flexibility index (Phi) is 2.58. The first-order chi connectivity index (χ1) is 6.66. The third kappa shape index (κ3) is 1.82. The number of rotatable bonds is 1. The van der Waals surface area contributed by atoms with E-state index in [1.165, 1.54) is 17.5 Å². The van der Waals surface area contributed by atoms with Gasteiger partial charge in [0, 0.05) is 11.6 Å². The largest absolute Gasteiger partial charge is 0.383 e. The number of hydrogen-bond donors (Lipinski definition) is 1. The van der Waals surface area contributed by atoms with Crippen LogP contribution in [-0.2, 0) is 0 Å². The molecule has 0 radical (unpaired) electrons. The molecule has 0 aromatic carbocycles. The Labute approximate surface area is 94.5 Å². The van der Waals surface area contributed by atoms with Crippen molar-refractivity contribution in [2.75, 3.05) is 5.73 Å². The van der Waals surface area contributed by atoms with Gasteiger partial charge in [0.25, 0.3) is 0 Å². The molecule has 2 N–H and O–H groups in total. The quantitative estimate of drug-likeness (QED) is 0.841. The van der Waals surface area contributed by atoms with Crippen molar-refractivity contribution in [2.24, 2.45) is 0 Å². The Morgan fingerprint density at radius 3 is 2.71 bits per heavy atom. The molecule has 2 aromatic rings. The van der Waals surface area contributed by atoms with Crippen LogP contribution in [0.15, 0.2) is 17.6 Å². The molecule has 14 heavy (non-hydrogen) atoms. The van der Waals surface area contributed by atoms with Gasteiger partial charge in [-0.1, -0.05) is 23.2 Å². The number of nitrogen functional groups attached to an aromatic ring is 1. The summed E-state index contributed by atoms with van der Waals surface area (Å²) in [4.78, 5) is 8.17. The number of thiazole rings is 1. The van der Waals surface area contributed by atoms with Gasteiger partial charge in [-0.05, 0) is 6.07 Å². The molecule has 6 heteroatoms. The normalized spacial score (nSPS) is 10.4.